The number of ether oxygens (including phenoxy) is 2. The van der Waals surface area contributed by atoms with Gasteiger partial charge in [-0.3, -0.25) is 4.68 Å². The van der Waals surface area contributed by atoms with Crippen LogP contribution >= 0.6 is 35.0 Å². The average Bonchev–Trinajstić information content (AvgIpc) is 3.55. The van der Waals surface area contributed by atoms with Gasteiger partial charge in [-0.15, -0.1) is 0 Å². The topological polar surface area (TPSA) is 75.0 Å². The highest BCUT2D eigenvalue weighted by Crippen LogP contribution is 2.46. The molecule has 10 heteroatoms. The minimum absolute atomic E-state index is 0.353. The van der Waals surface area contributed by atoms with Crippen LogP contribution in [0.2, 0.25) is 10.0 Å². The molecule has 7 nitrogen and oxygen atoms in total. The monoisotopic (exact) mass is 487 g/mol. The Balaban J connectivity index is 1.78. The summed E-state index contributed by atoms with van der Waals surface area (Å²) in [4.78, 5) is 14.1. The van der Waals surface area contributed by atoms with E-state index >= 15 is 0 Å². The first-order chi connectivity index (χ1) is 15.5. The Labute approximate surface area is 199 Å². The highest BCUT2D eigenvalue weighted by Gasteiger charge is 2.26. The molecule has 32 heavy (non-hydrogen) atoms. The number of methoxy groups -OCH3 is 2. The Bertz CT molecular complexity index is 1310. The van der Waals surface area contributed by atoms with Crippen molar-refractivity contribution in [1.29, 1.82) is 0 Å². The molecule has 0 N–H and O–H groups in total. The first kappa shape index (κ1) is 21.3. The van der Waals surface area contributed by atoms with Crippen molar-refractivity contribution in [3.63, 3.8) is 0 Å². The molecule has 4 aromatic rings. The summed E-state index contributed by atoms with van der Waals surface area (Å²) in [7, 11) is 3.09. The Hall–Kier alpha value is -2.55. The van der Waals surface area contributed by atoms with Gasteiger partial charge >= 0.3 is 0 Å². The predicted molar refractivity (Wildman–Crippen MR) is 127 cm³/mol. The number of pyridine rings is 1. The van der Waals surface area contributed by atoms with Crippen LogP contribution < -0.4 is 9.47 Å². The van der Waals surface area contributed by atoms with Crippen LogP contribution in [0.1, 0.15) is 18.9 Å². The normalized spacial score (nSPS) is 13.5. The number of thioether (sulfide) groups is 1. The lowest BCUT2D eigenvalue weighted by molar-refractivity contribution is 0.395. The summed E-state index contributed by atoms with van der Waals surface area (Å²) in [6.45, 7) is 0. The Morgan fingerprint density at radius 3 is 2.38 bits per heavy atom. The third kappa shape index (κ3) is 3.66. The molecule has 164 valence electrons. The number of halogens is 2. The predicted octanol–water partition coefficient (Wildman–Crippen LogP) is 5.94. The molecule has 0 saturated heterocycles. The maximum Gasteiger partial charge on any atom is 0.187 e. The Morgan fingerprint density at radius 1 is 1.03 bits per heavy atom. The first-order valence-corrected chi connectivity index (χ1v) is 11.9. The van der Waals surface area contributed by atoms with Gasteiger partial charge in [0.25, 0.3) is 0 Å². The van der Waals surface area contributed by atoms with Crippen LogP contribution in [0, 0.1) is 0 Å². The standard InChI is InChI=1S/C22H19Cl2N5O2S/c1-30-15-7-16(31-2)19(24)17(18(15)23)14-6-11-8-25-22(32-3)28-20(11)21(27-14)12-9-26-29(10-12)13-4-5-13/h6-10,13H,4-5H2,1-3H3. The molecule has 1 aliphatic carbocycles. The molecule has 1 aromatic carbocycles. The van der Waals surface area contributed by atoms with E-state index in [1.165, 1.54) is 11.8 Å². The van der Waals surface area contributed by atoms with Crippen LogP contribution in [-0.4, -0.2) is 45.2 Å². The van der Waals surface area contributed by atoms with Crippen molar-refractivity contribution in [3.8, 4) is 34.0 Å². The fourth-order valence-electron chi connectivity index (χ4n) is 3.56. The summed E-state index contributed by atoms with van der Waals surface area (Å²) in [5, 5.41) is 6.72. The van der Waals surface area contributed by atoms with E-state index in [1.54, 1.807) is 26.5 Å². The van der Waals surface area contributed by atoms with E-state index in [0.717, 1.165) is 29.3 Å². The van der Waals surface area contributed by atoms with E-state index in [-0.39, 0.29) is 0 Å². The number of nitrogens with zero attached hydrogens (tertiary/aromatic N) is 5. The van der Waals surface area contributed by atoms with E-state index in [9.17, 15) is 0 Å². The van der Waals surface area contributed by atoms with Crippen molar-refractivity contribution in [3.05, 3.63) is 40.8 Å². The zero-order chi connectivity index (χ0) is 22.4. The molecule has 3 aromatic heterocycles. The molecule has 0 spiro atoms. The van der Waals surface area contributed by atoms with Crippen molar-refractivity contribution in [2.24, 2.45) is 0 Å². The first-order valence-electron chi connectivity index (χ1n) is 9.90. The van der Waals surface area contributed by atoms with Gasteiger partial charge < -0.3 is 9.47 Å². The number of fused-ring (bicyclic) bond motifs is 1. The molecule has 1 aliphatic rings. The highest BCUT2D eigenvalue weighted by atomic mass is 35.5. The molecule has 0 atom stereocenters. The van der Waals surface area contributed by atoms with Gasteiger partial charge in [-0.2, -0.15) is 5.10 Å². The van der Waals surface area contributed by atoms with Crippen LogP contribution in [-0.2, 0) is 0 Å². The van der Waals surface area contributed by atoms with Gasteiger partial charge in [-0.25, -0.2) is 15.0 Å². The molecule has 0 amide bonds. The van der Waals surface area contributed by atoms with Crippen molar-refractivity contribution in [2.75, 3.05) is 20.5 Å². The number of hydrogen-bond donors (Lipinski definition) is 0. The fraction of sp³-hybridized carbons (Fsp3) is 0.273. The van der Waals surface area contributed by atoms with E-state index in [2.05, 4.69) is 10.1 Å². The number of rotatable bonds is 6. The van der Waals surface area contributed by atoms with Gasteiger partial charge in [0.15, 0.2) is 5.16 Å². The van der Waals surface area contributed by atoms with Crippen molar-refractivity contribution in [1.82, 2.24) is 24.7 Å². The largest absolute Gasteiger partial charge is 0.495 e. The van der Waals surface area contributed by atoms with Crippen molar-refractivity contribution < 1.29 is 9.47 Å². The lowest BCUT2D eigenvalue weighted by atomic mass is 10.1. The second-order valence-electron chi connectivity index (χ2n) is 7.37. The summed E-state index contributed by atoms with van der Waals surface area (Å²) < 4.78 is 12.9. The van der Waals surface area contributed by atoms with E-state index < -0.39 is 0 Å². The van der Waals surface area contributed by atoms with E-state index in [1.807, 2.05) is 29.4 Å². The van der Waals surface area contributed by atoms with Crippen LogP contribution in [0.3, 0.4) is 0 Å². The Kier molecular flexibility index (Phi) is 5.61. The summed E-state index contributed by atoms with van der Waals surface area (Å²) in [5.74, 6) is 0.892. The Morgan fingerprint density at radius 2 is 1.75 bits per heavy atom. The molecule has 3 heterocycles. The van der Waals surface area contributed by atoms with E-state index in [4.69, 9.17) is 42.6 Å². The molecular formula is C22H19Cl2N5O2S. The fourth-order valence-corrected chi connectivity index (χ4v) is 4.60. The van der Waals surface area contributed by atoms with Crippen LogP contribution in [0.25, 0.3) is 33.4 Å². The molecule has 1 fully saturated rings. The summed E-state index contributed by atoms with van der Waals surface area (Å²) >= 11 is 14.8. The SMILES string of the molecule is COc1cc(OC)c(Cl)c(-c2cc3cnc(SC)nc3c(-c3cnn(C4CC4)c3)n2)c1Cl. The lowest BCUT2D eigenvalue weighted by Crippen LogP contribution is -1.98. The summed E-state index contributed by atoms with van der Waals surface area (Å²) in [6.07, 6.45) is 9.84. The smallest absolute Gasteiger partial charge is 0.187 e. The van der Waals surface area contributed by atoms with Crippen LogP contribution in [0.5, 0.6) is 11.5 Å². The van der Waals surface area contributed by atoms with Crippen LogP contribution in [0.15, 0.2) is 35.9 Å². The number of aromatic nitrogens is 5. The van der Waals surface area contributed by atoms with Crippen LogP contribution in [0.4, 0.5) is 0 Å². The van der Waals surface area contributed by atoms with Gasteiger partial charge in [-0.05, 0) is 25.2 Å². The zero-order valence-electron chi connectivity index (χ0n) is 17.6. The minimum atomic E-state index is 0.353. The number of benzene rings is 1. The lowest BCUT2D eigenvalue weighted by Gasteiger charge is -2.15. The van der Waals surface area contributed by atoms with Gasteiger partial charge in [0.2, 0.25) is 0 Å². The second-order valence-corrected chi connectivity index (χ2v) is 8.90. The van der Waals surface area contributed by atoms with Gasteiger partial charge in [0.05, 0.1) is 42.2 Å². The average molecular weight is 488 g/mol. The second kappa shape index (κ2) is 8.42. The molecular weight excluding hydrogens is 469 g/mol. The number of hydrogen-bond acceptors (Lipinski definition) is 7. The van der Waals surface area contributed by atoms with Gasteiger partial charge in [0.1, 0.15) is 22.7 Å². The van der Waals surface area contributed by atoms with Gasteiger partial charge in [-0.1, -0.05) is 35.0 Å². The van der Waals surface area contributed by atoms with E-state index in [0.29, 0.717) is 49.7 Å². The molecule has 0 radical (unpaired) electrons. The minimum Gasteiger partial charge on any atom is -0.495 e. The molecule has 5 rings (SSSR count). The quantitative estimate of drug-likeness (QED) is 0.246. The molecule has 0 unspecified atom stereocenters. The van der Waals surface area contributed by atoms with Crippen molar-refractivity contribution >= 4 is 45.9 Å². The molecule has 0 bridgehead atoms. The maximum atomic E-state index is 6.67. The third-order valence-corrected chi connectivity index (χ3v) is 6.66. The molecule has 1 saturated carbocycles. The molecule has 0 aliphatic heterocycles. The van der Waals surface area contributed by atoms with Crippen molar-refractivity contribution in [2.45, 2.75) is 24.0 Å². The maximum absolute atomic E-state index is 6.67. The zero-order valence-corrected chi connectivity index (χ0v) is 19.9. The van der Waals surface area contributed by atoms with Gasteiger partial charge in [0, 0.05) is 35.0 Å². The third-order valence-electron chi connectivity index (χ3n) is 5.35. The summed E-state index contributed by atoms with van der Waals surface area (Å²) in [6, 6.07) is 3.99. The summed E-state index contributed by atoms with van der Waals surface area (Å²) in [5.41, 5.74) is 3.40. The highest BCUT2D eigenvalue weighted by molar-refractivity contribution is 7.98.